The van der Waals surface area contributed by atoms with Crippen molar-refractivity contribution in [2.24, 2.45) is 0 Å². The predicted octanol–water partition coefficient (Wildman–Crippen LogP) is 3.61. The molecule has 1 unspecified atom stereocenters. The molecule has 0 N–H and O–H groups in total. The minimum atomic E-state index is -0.504. The number of ether oxygens (including phenoxy) is 1. The smallest absolute Gasteiger partial charge is 0.415 e. The molecule has 1 atom stereocenters. The zero-order chi connectivity index (χ0) is 16.3. The summed E-state index contributed by atoms with van der Waals surface area (Å²) in [7, 11) is 3.84. The van der Waals surface area contributed by atoms with Gasteiger partial charge < -0.3 is 4.74 Å². The van der Waals surface area contributed by atoms with E-state index in [1.165, 1.54) is 29.7 Å². The van der Waals surface area contributed by atoms with Crippen LogP contribution in [0.15, 0.2) is 18.3 Å². The SMILES string of the molecule is CN(C(=O)OC(C)(C)C)c1ccc(C2CCCCN2C)cn1. The third-order valence-electron chi connectivity index (χ3n) is 3.94. The third-order valence-corrected chi connectivity index (χ3v) is 3.94. The van der Waals surface area contributed by atoms with Crippen molar-refractivity contribution in [2.45, 2.75) is 51.7 Å². The van der Waals surface area contributed by atoms with Crippen LogP contribution in [0, 0.1) is 0 Å². The van der Waals surface area contributed by atoms with E-state index in [1.807, 2.05) is 33.0 Å². The standard InChI is InChI=1S/C17H27N3O2/c1-17(2,3)22-16(21)20(5)15-10-9-13(12-18-15)14-8-6-7-11-19(14)4/h9-10,12,14H,6-8,11H2,1-5H3. The highest BCUT2D eigenvalue weighted by atomic mass is 16.6. The molecule has 1 aromatic heterocycles. The van der Waals surface area contributed by atoms with Gasteiger partial charge in [-0.05, 0) is 58.8 Å². The van der Waals surface area contributed by atoms with Crippen LogP contribution in [0.2, 0.25) is 0 Å². The van der Waals surface area contributed by atoms with Crippen molar-refractivity contribution >= 4 is 11.9 Å². The van der Waals surface area contributed by atoms with E-state index in [0.29, 0.717) is 11.9 Å². The summed E-state index contributed by atoms with van der Waals surface area (Å²) in [5.74, 6) is 0.608. The Morgan fingerprint density at radius 2 is 2.09 bits per heavy atom. The lowest BCUT2D eigenvalue weighted by atomic mass is 9.97. The summed E-state index contributed by atoms with van der Waals surface area (Å²) in [5.41, 5.74) is 0.708. The third kappa shape index (κ3) is 4.19. The fourth-order valence-corrected chi connectivity index (χ4v) is 2.71. The van der Waals surface area contributed by atoms with Gasteiger partial charge in [0.05, 0.1) is 0 Å². The fourth-order valence-electron chi connectivity index (χ4n) is 2.71. The molecule has 1 fully saturated rings. The van der Waals surface area contributed by atoms with Crippen molar-refractivity contribution in [3.8, 4) is 0 Å². The lowest BCUT2D eigenvalue weighted by Crippen LogP contribution is -2.34. The van der Waals surface area contributed by atoms with Crippen molar-refractivity contribution in [1.29, 1.82) is 0 Å². The second-order valence-electron chi connectivity index (χ2n) is 6.98. The molecule has 2 heterocycles. The highest BCUT2D eigenvalue weighted by Crippen LogP contribution is 2.29. The van der Waals surface area contributed by atoms with E-state index >= 15 is 0 Å². The number of hydrogen-bond acceptors (Lipinski definition) is 4. The molecule has 0 radical (unpaired) electrons. The Balaban J connectivity index is 2.06. The monoisotopic (exact) mass is 305 g/mol. The number of likely N-dealkylation sites (tertiary alicyclic amines) is 1. The van der Waals surface area contributed by atoms with Crippen molar-refractivity contribution in [3.05, 3.63) is 23.9 Å². The number of aromatic nitrogens is 1. The van der Waals surface area contributed by atoms with Gasteiger partial charge in [0.15, 0.2) is 0 Å². The van der Waals surface area contributed by atoms with Gasteiger partial charge in [0, 0.05) is 19.3 Å². The van der Waals surface area contributed by atoms with E-state index in [0.717, 1.165) is 6.54 Å². The maximum absolute atomic E-state index is 12.1. The molecule has 1 amide bonds. The van der Waals surface area contributed by atoms with Crippen LogP contribution in [-0.4, -0.2) is 42.2 Å². The number of pyridine rings is 1. The first-order valence-electron chi connectivity index (χ1n) is 7.91. The minimum Gasteiger partial charge on any atom is -0.443 e. The molecule has 0 spiro atoms. The summed E-state index contributed by atoms with van der Waals surface area (Å²) in [6.07, 6.45) is 5.18. The van der Waals surface area contributed by atoms with Crippen LogP contribution in [0.25, 0.3) is 0 Å². The van der Waals surface area contributed by atoms with Gasteiger partial charge in [-0.15, -0.1) is 0 Å². The maximum atomic E-state index is 12.1. The van der Waals surface area contributed by atoms with Gasteiger partial charge >= 0.3 is 6.09 Å². The number of rotatable bonds is 2. The molecular formula is C17H27N3O2. The second-order valence-corrected chi connectivity index (χ2v) is 6.98. The second kappa shape index (κ2) is 6.65. The normalized spacial score (nSPS) is 19.8. The molecule has 1 aromatic rings. The van der Waals surface area contributed by atoms with Crippen molar-refractivity contribution in [2.75, 3.05) is 25.5 Å². The number of anilines is 1. The number of hydrogen-bond donors (Lipinski definition) is 0. The van der Waals surface area contributed by atoms with Crippen LogP contribution >= 0.6 is 0 Å². The molecule has 0 bridgehead atoms. The van der Waals surface area contributed by atoms with E-state index in [4.69, 9.17) is 4.74 Å². The average Bonchev–Trinajstić information content (AvgIpc) is 2.45. The minimum absolute atomic E-state index is 0.387. The highest BCUT2D eigenvalue weighted by molar-refractivity contribution is 5.85. The Morgan fingerprint density at radius 3 is 2.64 bits per heavy atom. The van der Waals surface area contributed by atoms with E-state index in [-0.39, 0.29) is 6.09 Å². The Kier molecular flexibility index (Phi) is 5.06. The molecule has 1 aliphatic heterocycles. The van der Waals surface area contributed by atoms with Crippen LogP contribution in [0.1, 0.15) is 51.6 Å². The summed E-state index contributed by atoms with van der Waals surface area (Å²) < 4.78 is 5.36. The number of piperidine rings is 1. The molecule has 22 heavy (non-hydrogen) atoms. The van der Waals surface area contributed by atoms with E-state index in [1.54, 1.807) is 7.05 Å². The number of carbonyl (C=O) groups is 1. The largest absolute Gasteiger partial charge is 0.443 e. The van der Waals surface area contributed by atoms with Crippen LogP contribution in [-0.2, 0) is 4.74 Å². The molecule has 0 aliphatic carbocycles. The predicted molar refractivity (Wildman–Crippen MR) is 88.1 cm³/mol. The molecule has 0 saturated carbocycles. The number of nitrogens with zero attached hydrogens (tertiary/aromatic N) is 3. The first-order chi connectivity index (χ1) is 10.3. The molecule has 1 saturated heterocycles. The summed E-state index contributed by atoms with van der Waals surface area (Å²) >= 11 is 0. The lowest BCUT2D eigenvalue weighted by Gasteiger charge is -2.32. The Labute approximate surface area is 133 Å². The lowest BCUT2D eigenvalue weighted by molar-refractivity contribution is 0.0588. The molecule has 2 rings (SSSR count). The Bertz CT molecular complexity index is 508. The quantitative estimate of drug-likeness (QED) is 0.837. The fraction of sp³-hybridized carbons (Fsp3) is 0.647. The van der Waals surface area contributed by atoms with Crippen LogP contribution in [0.5, 0.6) is 0 Å². The van der Waals surface area contributed by atoms with E-state index in [9.17, 15) is 4.79 Å². The van der Waals surface area contributed by atoms with Crippen molar-refractivity contribution < 1.29 is 9.53 Å². The van der Waals surface area contributed by atoms with Gasteiger partial charge in [0.2, 0.25) is 0 Å². The zero-order valence-electron chi connectivity index (χ0n) is 14.3. The van der Waals surface area contributed by atoms with Gasteiger partial charge in [-0.25, -0.2) is 9.78 Å². The molecule has 5 nitrogen and oxygen atoms in total. The Hall–Kier alpha value is -1.62. The van der Waals surface area contributed by atoms with E-state index in [2.05, 4.69) is 23.0 Å². The summed E-state index contributed by atoms with van der Waals surface area (Å²) in [5, 5.41) is 0. The summed E-state index contributed by atoms with van der Waals surface area (Å²) in [6, 6.07) is 4.39. The molecule has 0 aromatic carbocycles. The van der Waals surface area contributed by atoms with Crippen LogP contribution in [0.3, 0.4) is 0 Å². The highest BCUT2D eigenvalue weighted by Gasteiger charge is 2.23. The van der Waals surface area contributed by atoms with Gasteiger partial charge in [-0.3, -0.25) is 9.80 Å². The van der Waals surface area contributed by atoms with Crippen LogP contribution in [0.4, 0.5) is 10.6 Å². The Morgan fingerprint density at radius 1 is 1.36 bits per heavy atom. The zero-order valence-corrected chi connectivity index (χ0v) is 14.3. The van der Waals surface area contributed by atoms with Crippen molar-refractivity contribution in [1.82, 2.24) is 9.88 Å². The first-order valence-corrected chi connectivity index (χ1v) is 7.91. The number of carbonyl (C=O) groups excluding carboxylic acids is 1. The molecule has 122 valence electrons. The van der Waals surface area contributed by atoms with Gasteiger partial charge in [-0.2, -0.15) is 0 Å². The van der Waals surface area contributed by atoms with Gasteiger partial charge in [-0.1, -0.05) is 12.5 Å². The number of amides is 1. The van der Waals surface area contributed by atoms with Crippen LogP contribution < -0.4 is 4.90 Å². The summed E-state index contributed by atoms with van der Waals surface area (Å²) in [4.78, 5) is 20.3. The molecule has 5 heteroatoms. The van der Waals surface area contributed by atoms with Gasteiger partial charge in [0.25, 0.3) is 0 Å². The summed E-state index contributed by atoms with van der Waals surface area (Å²) in [6.45, 7) is 6.70. The molecular weight excluding hydrogens is 278 g/mol. The van der Waals surface area contributed by atoms with E-state index < -0.39 is 5.60 Å². The van der Waals surface area contributed by atoms with Gasteiger partial charge in [0.1, 0.15) is 11.4 Å². The maximum Gasteiger partial charge on any atom is 0.415 e. The molecule has 1 aliphatic rings. The topological polar surface area (TPSA) is 45.7 Å². The first kappa shape index (κ1) is 16.7. The average molecular weight is 305 g/mol. The van der Waals surface area contributed by atoms with Crippen molar-refractivity contribution in [3.63, 3.8) is 0 Å².